The minimum atomic E-state index is -4.62. The molecule has 0 unspecified atom stereocenters. The number of sulfonamides is 1. The van der Waals surface area contributed by atoms with Crippen LogP contribution >= 0.6 is 11.6 Å². The summed E-state index contributed by atoms with van der Waals surface area (Å²) in [6.45, 7) is 1.03. The van der Waals surface area contributed by atoms with Crippen LogP contribution < -0.4 is 5.73 Å². The zero-order chi connectivity index (χ0) is 16.4. The Morgan fingerprint density at radius 2 is 1.90 bits per heavy atom. The summed E-state index contributed by atoms with van der Waals surface area (Å²) in [5.41, 5.74) is 6.28. The maximum Gasteiger partial charge on any atom is 0.402 e. The highest BCUT2D eigenvalue weighted by Crippen LogP contribution is 2.28. The highest BCUT2D eigenvalue weighted by atomic mass is 35.5. The van der Waals surface area contributed by atoms with E-state index in [0.29, 0.717) is 15.4 Å². The van der Waals surface area contributed by atoms with Gasteiger partial charge in [-0.05, 0) is 30.2 Å². The normalized spacial score (nSPS) is 13.0. The van der Waals surface area contributed by atoms with Crippen LogP contribution in [0.3, 0.4) is 0 Å². The predicted octanol–water partition coefficient (Wildman–Crippen LogP) is 2.68. The minimum Gasteiger partial charge on any atom is -0.326 e. The second-order valence-electron chi connectivity index (χ2n) is 4.44. The molecule has 4 nitrogen and oxygen atoms in total. The Labute approximate surface area is 126 Å². The van der Waals surface area contributed by atoms with E-state index in [0.717, 1.165) is 6.07 Å². The number of rotatable bonds is 5. The molecule has 0 amide bonds. The van der Waals surface area contributed by atoms with Gasteiger partial charge in [0.1, 0.15) is 6.54 Å². The smallest absolute Gasteiger partial charge is 0.326 e. The van der Waals surface area contributed by atoms with Gasteiger partial charge < -0.3 is 5.73 Å². The molecule has 0 aromatic heterocycles. The fourth-order valence-corrected chi connectivity index (χ4v) is 3.93. The van der Waals surface area contributed by atoms with Crippen molar-refractivity contribution >= 4 is 21.6 Å². The maximum atomic E-state index is 12.5. The largest absolute Gasteiger partial charge is 0.402 e. The molecule has 2 N–H and O–H groups in total. The zero-order valence-corrected chi connectivity index (χ0v) is 13.1. The first-order valence-electron chi connectivity index (χ1n) is 6.09. The standard InChI is InChI=1S/C12H16ClF3N2O2S/c1-3-18(7-12(14,15)16)21(19,20)11-5-10(13)4-9(6-17)8(11)2/h4-5H,3,6-7,17H2,1-2H3. The molecule has 0 aliphatic heterocycles. The van der Waals surface area contributed by atoms with Crippen LogP contribution in [0.15, 0.2) is 17.0 Å². The zero-order valence-electron chi connectivity index (χ0n) is 11.5. The van der Waals surface area contributed by atoms with E-state index >= 15 is 0 Å². The topological polar surface area (TPSA) is 63.4 Å². The predicted molar refractivity (Wildman–Crippen MR) is 74.6 cm³/mol. The first kappa shape index (κ1) is 18.2. The van der Waals surface area contributed by atoms with Gasteiger partial charge in [-0.3, -0.25) is 0 Å². The summed E-state index contributed by atoms with van der Waals surface area (Å²) < 4.78 is 62.7. The van der Waals surface area contributed by atoms with Crippen LogP contribution in [0.1, 0.15) is 18.1 Å². The van der Waals surface area contributed by atoms with Gasteiger partial charge in [-0.15, -0.1) is 0 Å². The Kier molecular flexibility index (Phi) is 5.65. The quantitative estimate of drug-likeness (QED) is 0.893. The van der Waals surface area contributed by atoms with Gasteiger partial charge in [0.05, 0.1) is 4.90 Å². The first-order valence-corrected chi connectivity index (χ1v) is 7.90. The highest BCUT2D eigenvalue weighted by Gasteiger charge is 2.37. The molecule has 0 atom stereocenters. The van der Waals surface area contributed by atoms with Gasteiger partial charge >= 0.3 is 6.18 Å². The van der Waals surface area contributed by atoms with Gasteiger partial charge in [0, 0.05) is 18.1 Å². The SMILES string of the molecule is CCN(CC(F)(F)F)S(=O)(=O)c1cc(Cl)cc(CN)c1C. The van der Waals surface area contributed by atoms with Gasteiger partial charge in [-0.25, -0.2) is 8.42 Å². The maximum absolute atomic E-state index is 12.5. The van der Waals surface area contributed by atoms with Crippen LogP contribution in [0, 0.1) is 6.92 Å². The van der Waals surface area contributed by atoms with E-state index < -0.39 is 22.7 Å². The van der Waals surface area contributed by atoms with Gasteiger partial charge in [-0.1, -0.05) is 18.5 Å². The number of nitrogens with zero attached hydrogens (tertiary/aromatic N) is 1. The molecule has 0 aliphatic rings. The Morgan fingerprint density at radius 3 is 2.33 bits per heavy atom. The van der Waals surface area contributed by atoms with Gasteiger partial charge in [0.2, 0.25) is 10.0 Å². The van der Waals surface area contributed by atoms with Crippen molar-refractivity contribution in [2.75, 3.05) is 13.1 Å². The minimum absolute atomic E-state index is 0.0420. The molecule has 0 aliphatic carbocycles. The van der Waals surface area contributed by atoms with E-state index in [1.165, 1.54) is 19.9 Å². The molecule has 9 heteroatoms. The highest BCUT2D eigenvalue weighted by molar-refractivity contribution is 7.89. The third-order valence-corrected chi connectivity index (χ3v) is 5.24. The van der Waals surface area contributed by atoms with Crippen molar-refractivity contribution in [3.8, 4) is 0 Å². The average Bonchev–Trinajstić information content (AvgIpc) is 2.36. The van der Waals surface area contributed by atoms with Crippen LogP contribution in [0.2, 0.25) is 5.02 Å². The summed E-state index contributed by atoms with van der Waals surface area (Å²) in [5, 5.41) is 0.114. The first-order chi connectivity index (χ1) is 9.52. The summed E-state index contributed by atoms with van der Waals surface area (Å²) in [6.07, 6.45) is -4.62. The Balaban J connectivity index is 3.39. The monoisotopic (exact) mass is 344 g/mol. The third kappa shape index (κ3) is 4.32. The lowest BCUT2D eigenvalue weighted by atomic mass is 10.1. The molecule has 1 aromatic carbocycles. The molecule has 0 saturated carbocycles. The van der Waals surface area contributed by atoms with E-state index in [-0.39, 0.29) is 23.0 Å². The van der Waals surface area contributed by atoms with Gasteiger partial charge in [0.15, 0.2) is 0 Å². The molecule has 1 rings (SSSR count). The van der Waals surface area contributed by atoms with Crippen molar-refractivity contribution in [1.82, 2.24) is 4.31 Å². The summed E-state index contributed by atoms with van der Waals surface area (Å²) in [4.78, 5) is -0.249. The number of alkyl halides is 3. The number of hydrogen-bond acceptors (Lipinski definition) is 3. The van der Waals surface area contributed by atoms with Crippen molar-refractivity contribution in [2.45, 2.75) is 31.5 Å². The number of nitrogens with two attached hydrogens (primary N) is 1. The van der Waals surface area contributed by atoms with Crippen molar-refractivity contribution in [3.05, 3.63) is 28.3 Å². The summed E-state index contributed by atoms with van der Waals surface area (Å²) in [7, 11) is -4.30. The lowest BCUT2D eigenvalue weighted by Crippen LogP contribution is -2.39. The number of halogens is 4. The van der Waals surface area contributed by atoms with E-state index in [1.54, 1.807) is 0 Å². The van der Waals surface area contributed by atoms with Crippen molar-refractivity contribution in [2.24, 2.45) is 5.73 Å². The Morgan fingerprint density at radius 1 is 1.33 bits per heavy atom. The molecule has 0 spiro atoms. The number of hydrogen-bond donors (Lipinski definition) is 1. The molecule has 0 fully saturated rings. The Hall–Kier alpha value is -0.830. The van der Waals surface area contributed by atoms with Crippen molar-refractivity contribution in [3.63, 3.8) is 0 Å². The van der Waals surface area contributed by atoms with Crippen LogP contribution in [0.4, 0.5) is 13.2 Å². The van der Waals surface area contributed by atoms with E-state index in [1.807, 2.05) is 0 Å². The van der Waals surface area contributed by atoms with Crippen LogP contribution in [0.5, 0.6) is 0 Å². The molecule has 0 bridgehead atoms. The molecule has 0 saturated heterocycles. The Bertz CT molecular complexity index is 618. The molecular formula is C12H16ClF3N2O2S. The van der Waals surface area contributed by atoms with E-state index in [9.17, 15) is 21.6 Å². The molecule has 120 valence electrons. The van der Waals surface area contributed by atoms with Crippen molar-refractivity contribution < 1.29 is 21.6 Å². The average molecular weight is 345 g/mol. The number of benzene rings is 1. The summed E-state index contributed by atoms with van der Waals surface area (Å²) in [5.74, 6) is 0. The molecule has 1 aromatic rings. The molecule has 21 heavy (non-hydrogen) atoms. The van der Waals surface area contributed by atoms with Crippen molar-refractivity contribution in [1.29, 1.82) is 0 Å². The lowest BCUT2D eigenvalue weighted by Gasteiger charge is -2.23. The van der Waals surface area contributed by atoms with Crippen LogP contribution in [-0.2, 0) is 16.6 Å². The third-order valence-electron chi connectivity index (χ3n) is 2.98. The fraction of sp³-hybridized carbons (Fsp3) is 0.500. The second-order valence-corrected chi connectivity index (χ2v) is 6.78. The fourth-order valence-electron chi connectivity index (χ4n) is 1.89. The molecular weight excluding hydrogens is 329 g/mol. The van der Waals surface area contributed by atoms with E-state index in [2.05, 4.69) is 0 Å². The molecule has 0 radical (unpaired) electrons. The van der Waals surface area contributed by atoms with E-state index in [4.69, 9.17) is 17.3 Å². The van der Waals surface area contributed by atoms with Crippen LogP contribution in [-0.4, -0.2) is 32.0 Å². The van der Waals surface area contributed by atoms with Crippen LogP contribution in [0.25, 0.3) is 0 Å². The summed E-state index contributed by atoms with van der Waals surface area (Å²) in [6, 6.07) is 2.64. The van der Waals surface area contributed by atoms with Gasteiger partial charge in [0.25, 0.3) is 0 Å². The second kappa shape index (κ2) is 6.51. The summed E-state index contributed by atoms with van der Waals surface area (Å²) >= 11 is 5.83. The van der Waals surface area contributed by atoms with Gasteiger partial charge in [-0.2, -0.15) is 17.5 Å². The lowest BCUT2D eigenvalue weighted by molar-refractivity contribution is -0.135. The molecule has 0 heterocycles.